The molecule has 180 valence electrons. The van der Waals surface area contributed by atoms with E-state index < -0.39 is 29.4 Å². The predicted molar refractivity (Wildman–Crippen MR) is 122 cm³/mol. The van der Waals surface area contributed by atoms with Crippen LogP contribution in [0.25, 0.3) is 22.3 Å². The summed E-state index contributed by atoms with van der Waals surface area (Å²) in [7, 11) is 0. The molecular formula is C27H26F4O3. The standard InChI is InChI=1S/C27H26F4O3/c1-3-13-27(31)15-33-26(34-16-27)18-7-5-17(6-8-18)20-10-11-21(25(30)24(20)29)19-9-12-23(32-4-2)22(28)14-19/h5-12,14,26H,3-4,13,15-16H2,1-2H3. The summed E-state index contributed by atoms with van der Waals surface area (Å²) in [5.74, 6) is -2.70. The number of rotatable bonds is 7. The molecule has 1 aliphatic heterocycles. The van der Waals surface area contributed by atoms with Crippen molar-refractivity contribution in [2.45, 2.75) is 38.6 Å². The van der Waals surface area contributed by atoms with E-state index in [0.717, 1.165) is 6.07 Å². The molecule has 0 aliphatic carbocycles. The number of hydrogen-bond acceptors (Lipinski definition) is 3. The fourth-order valence-corrected chi connectivity index (χ4v) is 4.08. The van der Waals surface area contributed by atoms with Crippen LogP contribution in [0.4, 0.5) is 17.6 Å². The van der Waals surface area contributed by atoms with Gasteiger partial charge in [-0.3, -0.25) is 0 Å². The summed E-state index contributed by atoms with van der Waals surface area (Å²) < 4.78 is 74.8. The third-order valence-electron chi connectivity index (χ3n) is 5.80. The van der Waals surface area contributed by atoms with Crippen molar-refractivity contribution in [1.29, 1.82) is 0 Å². The van der Waals surface area contributed by atoms with Gasteiger partial charge in [-0.25, -0.2) is 17.6 Å². The minimum atomic E-state index is -1.49. The molecular weight excluding hydrogens is 448 g/mol. The molecule has 3 aromatic carbocycles. The summed E-state index contributed by atoms with van der Waals surface area (Å²) in [5, 5.41) is 0. The highest BCUT2D eigenvalue weighted by atomic mass is 19.2. The summed E-state index contributed by atoms with van der Waals surface area (Å²) in [6.45, 7) is 3.81. The minimum absolute atomic E-state index is 0.0504. The highest BCUT2D eigenvalue weighted by molar-refractivity contribution is 5.72. The van der Waals surface area contributed by atoms with Crippen molar-refractivity contribution in [2.75, 3.05) is 19.8 Å². The largest absolute Gasteiger partial charge is 0.491 e. The van der Waals surface area contributed by atoms with Crippen molar-refractivity contribution < 1.29 is 31.8 Å². The molecule has 1 aliphatic rings. The SMILES string of the molecule is CCCC1(F)COC(c2ccc(-c3ccc(-c4ccc(OCC)c(F)c4)c(F)c3F)cc2)OC1. The van der Waals surface area contributed by atoms with Gasteiger partial charge < -0.3 is 14.2 Å². The Labute approximate surface area is 196 Å². The lowest BCUT2D eigenvalue weighted by Crippen LogP contribution is -2.41. The molecule has 0 bridgehead atoms. The van der Waals surface area contributed by atoms with E-state index in [-0.39, 0.29) is 35.7 Å². The highest BCUT2D eigenvalue weighted by Gasteiger charge is 2.36. The zero-order valence-corrected chi connectivity index (χ0v) is 19.0. The van der Waals surface area contributed by atoms with Crippen LogP contribution < -0.4 is 4.74 Å². The van der Waals surface area contributed by atoms with Crippen molar-refractivity contribution in [1.82, 2.24) is 0 Å². The van der Waals surface area contributed by atoms with Crippen LogP contribution in [0.1, 0.15) is 38.5 Å². The van der Waals surface area contributed by atoms with Crippen molar-refractivity contribution in [3.8, 4) is 28.0 Å². The number of ether oxygens (including phenoxy) is 3. The summed E-state index contributed by atoms with van der Waals surface area (Å²) >= 11 is 0. The maximum atomic E-state index is 15.0. The van der Waals surface area contributed by atoms with Gasteiger partial charge in [-0.2, -0.15) is 0 Å². The zero-order valence-electron chi connectivity index (χ0n) is 19.0. The van der Waals surface area contributed by atoms with E-state index in [2.05, 4.69) is 0 Å². The average Bonchev–Trinajstić information content (AvgIpc) is 2.83. The first-order chi connectivity index (χ1) is 16.3. The van der Waals surface area contributed by atoms with E-state index >= 15 is 0 Å². The second kappa shape index (κ2) is 10.2. The maximum Gasteiger partial charge on any atom is 0.184 e. The molecule has 7 heteroatoms. The van der Waals surface area contributed by atoms with Crippen molar-refractivity contribution in [3.05, 3.63) is 77.6 Å². The van der Waals surface area contributed by atoms with Crippen LogP contribution in [0.2, 0.25) is 0 Å². The molecule has 0 aromatic heterocycles. The van der Waals surface area contributed by atoms with Crippen LogP contribution in [0, 0.1) is 17.5 Å². The summed E-state index contributed by atoms with van der Waals surface area (Å²) in [6.07, 6.45) is 0.341. The predicted octanol–water partition coefficient (Wildman–Crippen LogP) is 7.39. The molecule has 0 N–H and O–H groups in total. The van der Waals surface area contributed by atoms with Crippen LogP contribution in [0.3, 0.4) is 0 Å². The van der Waals surface area contributed by atoms with Crippen LogP contribution in [-0.2, 0) is 9.47 Å². The first-order valence-corrected chi connectivity index (χ1v) is 11.3. The van der Waals surface area contributed by atoms with Gasteiger partial charge in [0.2, 0.25) is 0 Å². The van der Waals surface area contributed by atoms with Crippen molar-refractivity contribution in [3.63, 3.8) is 0 Å². The molecule has 0 unspecified atom stereocenters. The molecule has 0 spiro atoms. The fraction of sp³-hybridized carbons (Fsp3) is 0.333. The van der Waals surface area contributed by atoms with Gasteiger partial charge in [-0.1, -0.05) is 55.8 Å². The Kier molecular flexibility index (Phi) is 7.24. The molecule has 34 heavy (non-hydrogen) atoms. The Hall–Kier alpha value is -2.90. The Morgan fingerprint density at radius 2 is 1.44 bits per heavy atom. The molecule has 0 atom stereocenters. The lowest BCUT2D eigenvalue weighted by molar-refractivity contribution is -0.238. The van der Waals surface area contributed by atoms with Crippen LogP contribution in [0.15, 0.2) is 54.6 Å². The number of alkyl halides is 1. The summed E-state index contributed by atoms with van der Waals surface area (Å²) in [5.41, 5.74) is -0.158. The van der Waals surface area contributed by atoms with E-state index in [4.69, 9.17) is 14.2 Å². The molecule has 0 amide bonds. The second-order valence-corrected chi connectivity index (χ2v) is 8.34. The number of benzene rings is 3. The highest BCUT2D eigenvalue weighted by Crippen LogP contribution is 2.35. The Balaban J connectivity index is 1.53. The van der Waals surface area contributed by atoms with E-state index in [1.807, 2.05) is 6.92 Å². The van der Waals surface area contributed by atoms with E-state index in [1.165, 1.54) is 24.3 Å². The lowest BCUT2D eigenvalue weighted by Gasteiger charge is -2.34. The molecule has 3 nitrogen and oxygen atoms in total. The van der Waals surface area contributed by atoms with E-state index in [1.54, 1.807) is 31.2 Å². The Morgan fingerprint density at radius 3 is 2.00 bits per heavy atom. The summed E-state index contributed by atoms with van der Waals surface area (Å²) in [6, 6.07) is 13.5. The van der Waals surface area contributed by atoms with Crippen LogP contribution in [0.5, 0.6) is 5.75 Å². The molecule has 1 heterocycles. The number of hydrogen-bond donors (Lipinski definition) is 0. The maximum absolute atomic E-state index is 15.0. The third-order valence-corrected chi connectivity index (χ3v) is 5.80. The van der Waals surface area contributed by atoms with Crippen LogP contribution in [-0.4, -0.2) is 25.5 Å². The Morgan fingerprint density at radius 1 is 0.853 bits per heavy atom. The molecule has 0 radical (unpaired) electrons. The van der Waals surface area contributed by atoms with Gasteiger partial charge in [0.15, 0.2) is 35.2 Å². The molecule has 4 rings (SSSR count). The number of halogens is 4. The first-order valence-electron chi connectivity index (χ1n) is 11.3. The lowest BCUT2D eigenvalue weighted by atomic mass is 9.97. The summed E-state index contributed by atoms with van der Waals surface area (Å²) in [4.78, 5) is 0. The monoisotopic (exact) mass is 474 g/mol. The smallest absolute Gasteiger partial charge is 0.184 e. The Bertz CT molecular complexity index is 1140. The van der Waals surface area contributed by atoms with Crippen molar-refractivity contribution in [2.24, 2.45) is 0 Å². The fourth-order valence-electron chi connectivity index (χ4n) is 4.08. The van der Waals surface area contributed by atoms with Crippen molar-refractivity contribution >= 4 is 0 Å². The molecule has 1 fully saturated rings. The van der Waals surface area contributed by atoms with Gasteiger partial charge in [0.25, 0.3) is 0 Å². The minimum Gasteiger partial charge on any atom is -0.491 e. The van der Waals surface area contributed by atoms with Gasteiger partial charge in [0.1, 0.15) is 0 Å². The third kappa shape index (κ3) is 4.95. The van der Waals surface area contributed by atoms with Gasteiger partial charge in [-0.05, 0) is 36.6 Å². The van der Waals surface area contributed by atoms with Gasteiger partial charge in [0.05, 0.1) is 19.8 Å². The van der Waals surface area contributed by atoms with Crippen LogP contribution >= 0.6 is 0 Å². The zero-order chi connectivity index (χ0) is 24.3. The van der Waals surface area contributed by atoms with Gasteiger partial charge in [-0.15, -0.1) is 0 Å². The average molecular weight is 474 g/mol. The molecule has 0 saturated carbocycles. The molecule has 3 aromatic rings. The van der Waals surface area contributed by atoms with Gasteiger partial charge in [0, 0.05) is 16.7 Å². The first kappa shape index (κ1) is 24.2. The molecule has 1 saturated heterocycles. The quantitative estimate of drug-likeness (QED) is 0.334. The topological polar surface area (TPSA) is 27.7 Å². The van der Waals surface area contributed by atoms with E-state index in [0.29, 0.717) is 30.6 Å². The van der Waals surface area contributed by atoms with E-state index in [9.17, 15) is 17.6 Å². The normalized spacial score (nSPS) is 20.4. The second-order valence-electron chi connectivity index (χ2n) is 8.34. The van der Waals surface area contributed by atoms with Gasteiger partial charge >= 0.3 is 0 Å².